The molecule has 34 heavy (non-hydrogen) atoms. The molecule has 1 amide bonds. The molecule has 0 saturated heterocycles. The van der Waals surface area contributed by atoms with E-state index in [4.69, 9.17) is 9.15 Å². The topological polar surface area (TPSA) is 83.2 Å². The Hall–Kier alpha value is -3.06. The number of unbranched alkanes of at least 4 members (excludes halogenated alkanes) is 2. The summed E-state index contributed by atoms with van der Waals surface area (Å²) in [6.45, 7) is 10.1. The van der Waals surface area contributed by atoms with E-state index in [-0.39, 0.29) is 11.3 Å². The maximum Gasteiger partial charge on any atom is 0.290 e. The lowest BCUT2D eigenvalue weighted by molar-refractivity contribution is -0.129. The summed E-state index contributed by atoms with van der Waals surface area (Å²) in [7, 11) is 0. The maximum atomic E-state index is 13.3. The monoisotopic (exact) mass is 468 g/mol. The third-order valence-corrected chi connectivity index (χ3v) is 6.25. The van der Waals surface area contributed by atoms with Crippen LogP contribution in [0.15, 0.2) is 58.4 Å². The first-order valence-corrected chi connectivity index (χ1v) is 12.3. The van der Waals surface area contributed by atoms with Crippen molar-refractivity contribution in [3.63, 3.8) is 0 Å². The van der Waals surface area contributed by atoms with Crippen molar-refractivity contribution >= 4 is 11.7 Å². The largest absolute Gasteiger partial charge is 0.503 e. The van der Waals surface area contributed by atoms with Crippen molar-refractivity contribution in [3.05, 3.63) is 65.3 Å². The van der Waals surface area contributed by atoms with Gasteiger partial charge in [-0.05, 0) is 62.3 Å². The molecule has 7 heteroatoms. The van der Waals surface area contributed by atoms with Gasteiger partial charge < -0.3 is 24.1 Å². The number of ether oxygens (including phenoxy) is 1. The molecular weight excluding hydrogens is 432 g/mol. The van der Waals surface area contributed by atoms with Gasteiger partial charge >= 0.3 is 0 Å². The van der Waals surface area contributed by atoms with Crippen molar-refractivity contribution in [2.45, 2.75) is 52.5 Å². The molecule has 0 spiro atoms. The summed E-state index contributed by atoms with van der Waals surface area (Å²) >= 11 is 0. The van der Waals surface area contributed by atoms with Gasteiger partial charge in [-0.25, -0.2) is 0 Å². The lowest BCUT2D eigenvalue weighted by atomic mass is 9.95. The molecule has 0 bridgehead atoms. The number of ketones is 1. The quantitative estimate of drug-likeness (QED) is 0.305. The zero-order valence-electron chi connectivity index (χ0n) is 20.5. The Balaban J connectivity index is 1.89. The number of amides is 1. The first kappa shape index (κ1) is 25.6. The number of rotatable bonds is 14. The first-order valence-electron chi connectivity index (χ1n) is 12.3. The summed E-state index contributed by atoms with van der Waals surface area (Å²) in [5.41, 5.74) is 0.772. The second-order valence-corrected chi connectivity index (χ2v) is 8.48. The first-order chi connectivity index (χ1) is 16.5. The van der Waals surface area contributed by atoms with E-state index in [9.17, 15) is 14.7 Å². The molecule has 0 radical (unpaired) electrons. The van der Waals surface area contributed by atoms with Gasteiger partial charge in [0.15, 0.2) is 11.5 Å². The predicted octanol–water partition coefficient (Wildman–Crippen LogP) is 5.16. The molecule has 1 aromatic heterocycles. The van der Waals surface area contributed by atoms with Gasteiger partial charge in [0.2, 0.25) is 5.78 Å². The third-order valence-electron chi connectivity index (χ3n) is 6.25. The normalized spacial score (nSPS) is 16.1. The zero-order chi connectivity index (χ0) is 24.5. The molecule has 1 aromatic carbocycles. The lowest BCUT2D eigenvalue weighted by Crippen LogP contribution is -2.34. The number of aliphatic hydroxyl groups is 1. The Morgan fingerprint density at radius 3 is 2.59 bits per heavy atom. The fourth-order valence-electron chi connectivity index (χ4n) is 4.32. The van der Waals surface area contributed by atoms with Crippen molar-refractivity contribution < 1.29 is 23.8 Å². The number of carbonyl (C=O) groups is 2. The summed E-state index contributed by atoms with van der Waals surface area (Å²) in [4.78, 5) is 30.2. The van der Waals surface area contributed by atoms with E-state index in [1.54, 1.807) is 17.0 Å². The number of carbonyl (C=O) groups excluding carboxylic acids is 2. The fourth-order valence-corrected chi connectivity index (χ4v) is 4.32. The molecule has 0 aliphatic carbocycles. The van der Waals surface area contributed by atoms with Crippen molar-refractivity contribution in [2.75, 3.05) is 32.8 Å². The van der Waals surface area contributed by atoms with Crippen molar-refractivity contribution in [1.82, 2.24) is 9.80 Å². The molecule has 1 unspecified atom stereocenters. The Labute approximate surface area is 202 Å². The molecule has 0 saturated carbocycles. The minimum absolute atomic E-state index is 0.0472. The molecule has 1 N–H and O–H groups in total. The van der Waals surface area contributed by atoms with Crippen LogP contribution in [0, 0.1) is 0 Å². The Kier molecular flexibility index (Phi) is 9.33. The second-order valence-electron chi connectivity index (χ2n) is 8.48. The van der Waals surface area contributed by atoms with Gasteiger partial charge in [0.25, 0.3) is 5.91 Å². The fraction of sp³-hybridized carbons (Fsp3) is 0.481. The van der Waals surface area contributed by atoms with Crippen LogP contribution in [0.25, 0.3) is 0 Å². The van der Waals surface area contributed by atoms with E-state index in [0.29, 0.717) is 18.9 Å². The smallest absolute Gasteiger partial charge is 0.290 e. The van der Waals surface area contributed by atoms with Gasteiger partial charge in [0, 0.05) is 6.54 Å². The molecule has 2 heterocycles. The standard InChI is InChI=1S/C27H36N2O5/c1-4-7-8-17-33-21-13-9-12-20(19-21)24-23(25(30)22-14-10-18-34-22)26(31)27(32)29(24)16-11-15-28(5-2)6-3/h9-10,12-14,18-19,24,31H,4-8,11,15-17H2,1-3H3. The van der Waals surface area contributed by atoms with Crippen molar-refractivity contribution in [1.29, 1.82) is 0 Å². The van der Waals surface area contributed by atoms with Crippen LogP contribution in [0.3, 0.4) is 0 Å². The van der Waals surface area contributed by atoms with Crippen LogP contribution >= 0.6 is 0 Å². The number of nitrogens with zero attached hydrogens (tertiary/aromatic N) is 2. The maximum absolute atomic E-state index is 13.3. The van der Waals surface area contributed by atoms with E-state index in [2.05, 4.69) is 25.7 Å². The third kappa shape index (κ3) is 5.89. The van der Waals surface area contributed by atoms with Crippen LogP contribution in [0.1, 0.15) is 68.6 Å². The van der Waals surface area contributed by atoms with Crippen LogP contribution in [0.2, 0.25) is 0 Å². The molecule has 1 atom stereocenters. The van der Waals surface area contributed by atoms with Crippen LogP contribution in [0.5, 0.6) is 5.75 Å². The molecule has 1 aliphatic rings. The second kappa shape index (κ2) is 12.4. The number of Topliss-reactive ketones (excluding diaryl/α,β-unsaturated/α-hetero) is 1. The predicted molar refractivity (Wildman–Crippen MR) is 131 cm³/mol. The van der Waals surface area contributed by atoms with Crippen LogP contribution in [0.4, 0.5) is 0 Å². The highest BCUT2D eigenvalue weighted by molar-refractivity contribution is 6.15. The molecule has 3 rings (SSSR count). The van der Waals surface area contributed by atoms with Crippen LogP contribution in [-0.4, -0.2) is 59.4 Å². The van der Waals surface area contributed by atoms with Gasteiger partial charge in [-0.2, -0.15) is 0 Å². The van der Waals surface area contributed by atoms with Gasteiger partial charge in [-0.1, -0.05) is 45.7 Å². The van der Waals surface area contributed by atoms with Gasteiger partial charge in [-0.3, -0.25) is 9.59 Å². The van der Waals surface area contributed by atoms with E-state index >= 15 is 0 Å². The number of furan rings is 1. The van der Waals surface area contributed by atoms with E-state index in [0.717, 1.165) is 50.9 Å². The number of hydrogen-bond donors (Lipinski definition) is 1. The van der Waals surface area contributed by atoms with E-state index in [1.165, 1.54) is 6.26 Å². The highest BCUT2D eigenvalue weighted by Gasteiger charge is 2.44. The highest BCUT2D eigenvalue weighted by Crippen LogP contribution is 2.40. The summed E-state index contributed by atoms with van der Waals surface area (Å²) < 4.78 is 11.2. The Bertz CT molecular complexity index is 979. The SMILES string of the molecule is CCCCCOc1cccc(C2C(C(=O)c3ccco3)=C(O)C(=O)N2CCCN(CC)CC)c1. The molecule has 184 valence electrons. The van der Waals surface area contributed by atoms with Crippen molar-refractivity contribution in [2.24, 2.45) is 0 Å². The van der Waals surface area contributed by atoms with E-state index in [1.807, 2.05) is 24.3 Å². The summed E-state index contributed by atoms with van der Waals surface area (Å²) in [6.07, 6.45) is 5.30. The molecular formula is C27H36N2O5. The van der Waals surface area contributed by atoms with Crippen molar-refractivity contribution in [3.8, 4) is 5.75 Å². The van der Waals surface area contributed by atoms with Gasteiger partial charge in [0.1, 0.15) is 5.75 Å². The Morgan fingerprint density at radius 1 is 1.12 bits per heavy atom. The minimum atomic E-state index is -0.707. The average molecular weight is 469 g/mol. The van der Waals surface area contributed by atoms with Crippen LogP contribution < -0.4 is 4.74 Å². The summed E-state index contributed by atoms with van der Waals surface area (Å²) in [5.74, 6) is -0.754. The van der Waals surface area contributed by atoms with E-state index < -0.39 is 23.5 Å². The number of benzene rings is 1. The number of hydrogen-bond acceptors (Lipinski definition) is 6. The van der Waals surface area contributed by atoms with Gasteiger partial charge in [0.05, 0.1) is 24.5 Å². The molecule has 1 aliphatic heterocycles. The summed E-state index contributed by atoms with van der Waals surface area (Å²) in [5, 5.41) is 10.8. The zero-order valence-corrected chi connectivity index (χ0v) is 20.5. The number of aliphatic hydroxyl groups excluding tert-OH is 1. The van der Waals surface area contributed by atoms with Crippen LogP contribution in [-0.2, 0) is 4.79 Å². The summed E-state index contributed by atoms with van der Waals surface area (Å²) in [6, 6.07) is 9.89. The minimum Gasteiger partial charge on any atom is -0.503 e. The molecule has 0 fully saturated rings. The average Bonchev–Trinajstić information content (AvgIpc) is 3.47. The Morgan fingerprint density at radius 2 is 1.91 bits per heavy atom. The highest BCUT2D eigenvalue weighted by atomic mass is 16.5. The molecule has 7 nitrogen and oxygen atoms in total. The van der Waals surface area contributed by atoms with Gasteiger partial charge in [-0.15, -0.1) is 0 Å². The lowest BCUT2D eigenvalue weighted by Gasteiger charge is -2.28. The molecule has 2 aromatic rings.